The number of aromatic hydroxyl groups is 2. The predicted octanol–water partition coefficient (Wildman–Crippen LogP) is 3.05. The van der Waals surface area contributed by atoms with E-state index in [2.05, 4.69) is 51.9 Å². The Morgan fingerprint density at radius 2 is 0.928 bits per heavy atom. The fourth-order valence-electron chi connectivity index (χ4n) is 17.8. The van der Waals surface area contributed by atoms with Crippen LogP contribution in [0, 0.1) is 34.5 Å². The lowest BCUT2D eigenvalue weighted by Crippen LogP contribution is -2.52. The Balaban J connectivity index is 0.771. The molecule has 6 aliphatic rings. The second kappa shape index (κ2) is 31.8. The van der Waals surface area contributed by atoms with E-state index in [4.69, 9.17) is 24.7 Å². The number of nitrogens with two attached hydrogens (primary N) is 1. The van der Waals surface area contributed by atoms with Gasteiger partial charge in [0.25, 0.3) is 0 Å². The molecule has 0 bridgehead atoms. The van der Waals surface area contributed by atoms with Gasteiger partial charge in [-0.3, -0.25) is 38.1 Å². The number of amides is 6. The van der Waals surface area contributed by atoms with Crippen molar-refractivity contribution in [1.29, 1.82) is 0 Å². The number of nitrogens with zero attached hydrogens (tertiary/aromatic N) is 11. The fourth-order valence-corrected chi connectivity index (χ4v) is 17.8. The van der Waals surface area contributed by atoms with E-state index in [0.717, 1.165) is 64.2 Å². The zero-order chi connectivity index (χ0) is 69.2. The van der Waals surface area contributed by atoms with Gasteiger partial charge in [0.2, 0.25) is 35.4 Å². The highest BCUT2D eigenvalue weighted by Crippen LogP contribution is 2.68. The SMILES string of the molecule is COCCN(CC(N)=O)C(=O)CN(CCOC)C(=O)CN(CCCn1cc(C2(O)CCC3C4CCc5cc(O)ccc5C4CCC32C)nn1)C(=O)CN(CCOC)C(=O)CN(CCOC)C(=O)CNCCCn1cc(C2(O)CCC3C4CCc5cc(O)ccc5C4CCC32C)nn1. The topological polar surface area (TPSA) is 336 Å². The summed E-state index contributed by atoms with van der Waals surface area (Å²) < 4.78 is 24.6. The number of aliphatic hydroxyl groups is 2. The first-order valence-corrected chi connectivity index (χ1v) is 34.8. The van der Waals surface area contributed by atoms with Gasteiger partial charge in [0, 0.05) is 85.1 Å². The number of fused-ring (bicyclic) bond motifs is 10. The van der Waals surface area contributed by atoms with E-state index in [1.165, 1.54) is 75.2 Å². The van der Waals surface area contributed by atoms with E-state index in [1.807, 2.05) is 18.3 Å². The molecule has 0 radical (unpaired) electrons. The molecule has 10 atom stereocenters. The van der Waals surface area contributed by atoms with E-state index in [9.17, 15) is 49.2 Å². The third kappa shape index (κ3) is 15.7. The first-order valence-electron chi connectivity index (χ1n) is 34.8. The third-order valence-electron chi connectivity index (χ3n) is 23.2. The quantitative estimate of drug-likeness (QED) is 0.0366. The molecular weight excluding hydrogens is 1250 g/mol. The number of methoxy groups -OCH3 is 4. The maximum Gasteiger partial charge on any atom is 0.242 e. The largest absolute Gasteiger partial charge is 0.508 e. The van der Waals surface area contributed by atoms with Gasteiger partial charge in [-0.05, 0) is 178 Å². The van der Waals surface area contributed by atoms with Gasteiger partial charge >= 0.3 is 0 Å². The number of aryl methyl sites for hydroxylation is 4. The number of carbonyl (C=O) groups is 6. The van der Waals surface area contributed by atoms with Crippen LogP contribution >= 0.6 is 0 Å². The van der Waals surface area contributed by atoms with Gasteiger partial charge < -0.3 is 74.9 Å². The summed E-state index contributed by atoms with van der Waals surface area (Å²) in [4.78, 5) is 90.1. The van der Waals surface area contributed by atoms with Gasteiger partial charge in [0.15, 0.2) is 0 Å². The van der Waals surface area contributed by atoms with Crippen LogP contribution in [0.1, 0.15) is 136 Å². The van der Waals surface area contributed by atoms with Crippen LogP contribution in [0.2, 0.25) is 0 Å². The van der Waals surface area contributed by atoms with Crippen molar-refractivity contribution in [3.05, 3.63) is 82.4 Å². The van der Waals surface area contributed by atoms with Crippen molar-refractivity contribution in [2.75, 3.05) is 133 Å². The average Bonchev–Trinajstić information content (AvgIpc) is 1.60. The Kier molecular flexibility index (Phi) is 23.8. The van der Waals surface area contributed by atoms with Crippen molar-refractivity contribution < 1.29 is 68.1 Å². The minimum Gasteiger partial charge on any atom is -0.508 e. The number of ether oxygens (including phenoxy) is 4. The average molecular weight is 1350 g/mol. The highest BCUT2D eigenvalue weighted by Gasteiger charge is 2.65. The molecule has 6 amide bonds. The fraction of sp³-hybridized carbons (Fsp3) is 0.686. The second-order valence-corrected chi connectivity index (χ2v) is 28.4. The molecule has 6 aliphatic carbocycles. The van der Waals surface area contributed by atoms with Crippen LogP contribution in [0.3, 0.4) is 0 Å². The number of nitrogens with one attached hydrogen (secondary N) is 1. The summed E-state index contributed by atoms with van der Waals surface area (Å²) in [6.07, 6.45) is 14.6. The Morgan fingerprint density at radius 1 is 0.536 bits per heavy atom. The summed E-state index contributed by atoms with van der Waals surface area (Å²) in [6.45, 7) is 3.46. The number of phenols is 2. The molecule has 2 aromatic heterocycles. The summed E-state index contributed by atoms with van der Waals surface area (Å²) in [6, 6.07) is 11.5. The van der Waals surface area contributed by atoms with Gasteiger partial charge in [-0.1, -0.05) is 36.4 Å². The molecule has 2 heterocycles. The highest BCUT2D eigenvalue weighted by atomic mass is 16.5. The summed E-state index contributed by atoms with van der Waals surface area (Å²) in [5, 5.41) is 67.0. The van der Waals surface area contributed by atoms with Crippen LogP contribution in [0.4, 0.5) is 0 Å². The van der Waals surface area contributed by atoms with E-state index < -0.39 is 78.9 Å². The van der Waals surface area contributed by atoms with E-state index >= 15 is 0 Å². The minimum absolute atomic E-state index is 0.0123. The van der Waals surface area contributed by atoms with Gasteiger partial charge in [0.05, 0.1) is 78.1 Å². The van der Waals surface area contributed by atoms with Crippen molar-refractivity contribution >= 4 is 35.4 Å². The van der Waals surface area contributed by atoms with E-state index in [0.29, 0.717) is 79.1 Å². The number of hydrogen-bond acceptors (Lipinski definition) is 19. The Labute approximate surface area is 568 Å². The molecule has 10 rings (SSSR count). The Hall–Kier alpha value is -7.14. The number of phenolic OH excluding ortho intramolecular Hbond substituents is 2. The molecule has 97 heavy (non-hydrogen) atoms. The highest BCUT2D eigenvalue weighted by molar-refractivity contribution is 5.92. The van der Waals surface area contributed by atoms with Crippen molar-refractivity contribution in [3.63, 3.8) is 0 Å². The van der Waals surface area contributed by atoms with Crippen molar-refractivity contribution in [2.45, 2.75) is 140 Å². The molecular formula is C70H103N13O14. The van der Waals surface area contributed by atoms with Crippen LogP contribution < -0.4 is 11.1 Å². The molecule has 0 saturated heterocycles. The number of benzene rings is 2. The predicted molar refractivity (Wildman–Crippen MR) is 355 cm³/mol. The van der Waals surface area contributed by atoms with Crippen LogP contribution in [0.15, 0.2) is 48.8 Å². The molecule has 10 unspecified atom stereocenters. The van der Waals surface area contributed by atoms with Gasteiger partial charge in [-0.25, -0.2) is 0 Å². The molecule has 27 heteroatoms. The molecule has 4 saturated carbocycles. The molecule has 0 aliphatic heterocycles. The molecule has 4 fully saturated rings. The lowest BCUT2D eigenvalue weighted by atomic mass is 9.53. The normalized spacial score (nSPS) is 26.0. The number of carbonyl (C=O) groups excluding carboxylic acids is 6. The first kappa shape index (κ1) is 72.6. The van der Waals surface area contributed by atoms with Crippen LogP contribution in [0.25, 0.3) is 0 Å². The first-order chi connectivity index (χ1) is 46.6. The number of aromatic nitrogens is 6. The zero-order valence-corrected chi connectivity index (χ0v) is 57.6. The lowest BCUT2D eigenvalue weighted by Gasteiger charge is -2.52. The molecule has 4 aromatic rings. The standard InChI is InChI=1S/C70H103N13O14/c1-67-21-17-53-51-15-11-49(84)37-47(51)9-13-55(53)57(67)19-23-69(67,92)59-40-82(75-73-59)27-7-25-72-39-62(87)79(30-34-95-4)44-66(91)80(31-35-96-5)45-63(88)77(43-65(90)81(32-36-97-6)46-64(89)78(29-33-94-3)42-61(71)86)26-8-28-83-41-60(74-76-83)70(93)24-20-58-56-14-10-48-38-50(85)12-16-52(48)54(56)18-22-68(58,70)2/h11-12,15-16,37-38,40-41,53-58,72,84-85,92-93H,7-10,13-14,17-36,39,42-46H2,1-6H3,(H2,71,86). The van der Waals surface area contributed by atoms with Crippen molar-refractivity contribution in [3.8, 4) is 11.5 Å². The third-order valence-corrected chi connectivity index (χ3v) is 23.2. The van der Waals surface area contributed by atoms with Crippen LogP contribution in [-0.4, -0.2) is 244 Å². The van der Waals surface area contributed by atoms with Crippen LogP contribution in [0.5, 0.6) is 11.5 Å². The number of rotatable bonds is 34. The summed E-state index contributed by atoms with van der Waals surface area (Å²) in [7, 11) is 5.85. The lowest BCUT2D eigenvalue weighted by molar-refractivity contribution is -0.148. The van der Waals surface area contributed by atoms with Gasteiger partial charge in [-0.2, -0.15) is 0 Å². The Bertz CT molecular complexity index is 3400. The van der Waals surface area contributed by atoms with E-state index in [-0.39, 0.29) is 102 Å². The summed E-state index contributed by atoms with van der Waals surface area (Å²) >= 11 is 0. The molecule has 7 N–H and O–H groups in total. The maximum atomic E-state index is 14.9. The second-order valence-electron chi connectivity index (χ2n) is 28.4. The van der Waals surface area contributed by atoms with E-state index in [1.54, 1.807) is 27.7 Å². The van der Waals surface area contributed by atoms with Crippen molar-refractivity contribution in [2.24, 2.45) is 40.2 Å². The molecule has 27 nitrogen and oxygen atoms in total. The number of primary amides is 1. The molecule has 2 aromatic carbocycles. The smallest absolute Gasteiger partial charge is 0.242 e. The Morgan fingerprint density at radius 3 is 1.34 bits per heavy atom. The van der Waals surface area contributed by atoms with Gasteiger partial charge in [-0.15, -0.1) is 10.2 Å². The number of hydrogen-bond donors (Lipinski definition) is 6. The summed E-state index contributed by atoms with van der Waals surface area (Å²) in [5.41, 5.74) is 8.44. The van der Waals surface area contributed by atoms with Gasteiger partial charge in [0.1, 0.15) is 34.1 Å². The molecule has 532 valence electrons. The molecule has 0 spiro atoms. The van der Waals surface area contributed by atoms with Crippen LogP contribution in [-0.2, 0) is 84.8 Å². The summed E-state index contributed by atoms with van der Waals surface area (Å²) in [5.74, 6) is -0.741. The zero-order valence-electron chi connectivity index (χ0n) is 57.6. The monoisotopic (exact) mass is 1350 g/mol. The van der Waals surface area contributed by atoms with Crippen molar-refractivity contribution in [1.82, 2.24) is 59.8 Å². The maximum absolute atomic E-state index is 14.9. The minimum atomic E-state index is -1.24.